The van der Waals surface area contributed by atoms with Gasteiger partial charge in [-0.2, -0.15) is 0 Å². The van der Waals surface area contributed by atoms with Crippen LogP contribution in [-0.4, -0.2) is 156 Å². The summed E-state index contributed by atoms with van der Waals surface area (Å²) in [5.41, 5.74) is 5.74. The standard InChI is InChI=1S/C51H76N8O13/c1-29(2)20-40-41(63)22-31(5)47(68)56-46(30(3)4)42(64)24-35(23-34-14-12-11-13-15-34)49(70)55-39(51(72)58(9)33(7)48(69)54-26-36(60)16-18-43(52)65)25-44(66)53-27-38(62)21-32(6)50(71)57(8)28-37(61)17-19-45(67)59(40)10/h11-15,29-33,35,39-40,46H,16-28H2,1-10H3,(H2,52,65)(H,53,66)(H,54,69)(H,55,70)(H,56,68)/t31-,32-,33+,35-,39+,40+,46+/m1/s1. The van der Waals surface area contributed by atoms with Gasteiger partial charge in [-0.1, -0.05) is 71.9 Å². The van der Waals surface area contributed by atoms with Crippen LogP contribution in [0.15, 0.2) is 30.3 Å². The minimum absolute atomic E-state index is 0.0359. The van der Waals surface area contributed by atoms with Gasteiger partial charge >= 0.3 is 0 Å². The molecule has 21 heteroatoms. The maximum Gasteiger partial charge on any atom is 0.246 e. The summed E-state index contributed by atoms with van der Waals surface area (Å²) in [6, 6.07) is 3.59. The van der Waals surface area contributed by atoms with Crippen LogP contribution in [0.1, 0.15) is 112 Å². The molecule has 21 nitrogen and oxygen atoms in total. The summed E-state index contributed by atoms with van der Waals surface area (Å²) in [6.07, 6.45) is -2.60. The summed E-state index contributed by atoms with van der Waals surface area (Å²) < 4.78 is 0. The average Bonchev–Trinajstić information content (AvgIpc) is 3.32. The van der Waals surface area contributed by atoms with E-state index in [2.05, 4.69) is 21.3 Å². The topological polar surface area (TPSA) is 306 Å². The lowest BCUT2D eigenvalue weighted by Crippen LogP contribution is -2.56. The van der Waals surface area contributed by atoms with Gasteiger partial charge in [-0.3, -0.25) is 62.3 Å². The summed E-state index contributed by atoms with van der Waals surface area (Å²) in [6.45, 7) is 10.0. The molecule has 1 heterocycles. The van der Waals surface area contributed by atoms with Crippen molar-refractivity contribution < 1.29 is 62.3 Å². The average molecular weight is 1010 g/mol. The Bertz CT molecular complexity index is 2160. The Labute approximate surface area is 422 Å². The number of carbonyl (C=O) groups is 13. The highest BCUT2D eigenvalue weighted by atomic mass is 16.2. The van der Waals surface area contributed by atoms with E-state index in [0.717, 1.165) is 9.80 Å². The number of carbonyl (C=O) groups excluding carboxylic acids is 13. The lowest BCUT2D eigenvalue weighted by Gasteiger charge is -2.30. The molecule has 0 bridgehead atoms. The van der Waals surface area contributed by atoms with Crippen LogP contribution in [0.5, 0.6) is 0 Å². The Balaban J connectivity index is 2.61. The minimum atomic E-state index is -1.69. The molecule has 0 spiro atoms. The molecule has 398 valence electrons. The van der Waals surface area contributed by atoms with E-state index in [1.54, 1.807) is 44.2 Å². The quantitative estimate of drug-likeness (QED) is 0.181. The van der Waals surface area contributed by atoms with Gasteiger partial charge in [-0.05, 0) is 37.2 Å². The second-order valence-corrected chi connectivity index (χ2v) is 19.8. The number of primary amides is 1. The Morgan fingerprint density at radius 1 is 0.778 bits per heavy atom. The maximum absolute atomic E-state index is 14.5. The summed E-state index contributed by atoms with van der Waals surface area (Å²) in [7, 11) is 4.05. The van der Waals surface area contributed by atoms with Gasteiger partial charge in [-0.25, -0.2) is 0 Å². The molecule has 1 aliphatic heterocycles. The van der Waals surface area contributed by atoms with Crippen molar-refractivity contribution in [1.29, 1.82) is 0 Å². The molecule has 7 atom stereocenters. The Hall–Kier alpha value is -6.67. The fraction of sp³-hybridized carbons (Fsp3) is 0.627. The number of Topliss-reactive ketones (excluding diaryl/α,β-unsaturated/α-hetero) is 5. The number of likely N-dealkylation sites (N-methyl/N-ethyl adjacent to an activating group) is 3. The van der Waals surface area contributed by atoms with Crippen molar-refractivity contribution >= 4 is 76.2 Å². The van der Waals surface area contributed by atoms with E-state index < -0.39 is 150 Å². The third-order valence-electron chi connectivity index (χ3n) is 12.6. The lowest BCUT2D eigenvalue weighted by molar-refractivity contribution is -0.143. The number of benzene rings is 1. The van der Waals surface area contributed by atoms with Gasteiger partial charge in [-0.15, -0.1) is 0 Å². The molecular weight excluding hydrogens is 933 g/mol. The second kappa shape index (κ2) is 29.6. The van der Waals surface area contributed by atoms with Crippen molar-refractivity contribution in [1.82, 2.24) is 36.0 Å². The normalized spacial score (nSPS) is 23.1. The SMILES string of the molecule is CC(C)C[C@H]1C(=O)C[C@@H](C)C(=O)N[C@@H](C(C)C)C(=O)C[C@@H](Cc2ccccc2)C(=O)N[C@H](C(=O)N(C)[C@@H](C)C(=O)NCC(=O)CCC(N)=O)CC(=O)NCC(=O)C[C@@H](C)C(=O)N(C)CC(=O)CCC(=O)N1C. The van der Waals surface area contributed by atoms with Crippen LogP contribution in [-0.2, 0) is 68.7 Å². The van der Waals surface area contributed by atoms with Crippen LogP contribution in [0.4, 0.5) is 0 Å². The van der Waals surface area contributed by atoms with Crippen molar-refractivity contribution in [2.45, 2.75) is 137 Å². The first-order valence-electron chi connectivity index (χ1n) is 24.5. The van der Waals surface area contributed by atoms with Gasteiger partial charge in [0.05, 0.1) is 38.1 Å². The van der Waals surface area contributed by atoms with Crippen molar-refractivity contribution in [3.05, 3.63) is 35.9 Å². The van der Waals surface area contributed by atoms with Crippen LogP contribution >= 0.6 is 0 Å². The predicted molar refractivity (Wildman–Crippen MR) is 264 cm³/mol. The van der Waals surface area contributed by atoms with Crippen molar-refractivity contribution in [2.24, 2.45) is 35.3 Å². The van der Waals surface area contributed by atoms with Crippen LogP contribution in [0, 0.1) is 29.6 Å². The molecule has 0 aromatic heterocycles. The molecule has 1 fully saturated rings. The number of nitrogens with zero attached hydrogens (tertiary/aromatic N) is 3. The monoisotopic (exact) mass is 1010 g/mol. The van der Waals surface area contributed by atoms with Crippen molar-refractivity contribution in [3.8, 4) is 0 Å². The van der Waals surface area contributed by atoms with Gasteiger partial charge in [0.2, 0.25) is 47.3 Å². The number of amides is 8. The van der Waals surface area contributed by atoms with E-state index >= 15 is 0 Å². The van der Waals surface area contributed by atoms with Gasteiger partial charge in [0.1, 0.15) is 12.1 Å². The summed E-state index contributed by atoms with van der Waals surface area (Å²) in [4.78, 5) is 177. The van der Waals surface area contributed by atoms with Gasteiger partial charge in [0.25, 0.3) is 0 Å². The van der Waals surface area contributed by atoms with Gasteiger partial charge in [0.15, 0.2) is 28.9 Å². The zero-order valence-corrected chi connectivity index (χ0v) is 43.5. The zero-order valence-electron chi connectivity index (χ0n) is 43.5. The Morgan fingerprint density at radius 3 is 2.01 bits per heavy atom. The van der Waals surface area contributed by atoms with E-state index in [0.29, 0.717) is 5.56 Å². The molecule has 1 aromatic rings. The molecule has 0 saturated carbocycles. The third kappa shape index (κ3) is 20.6. The highest BCUT2D eigenvalue weighted by Crippen LogP contribution is 2.21. The zero-order chi connectivity index (χ0) is 54.6. The molecule has 1 aliphatic rings. The summed E-state index contributed by atoms with van der Waals surface area (Å²) in [5, 5.41) is 10.2. The third-order valence-corrected chi connectivity index (χ3v) is 12.6. The fourth-order valence-electron chi connectivity index (χ4n) is 8.06. The molecule has 1 aromatic carbocycles. The smallest absolute Gasteiger partial charge is 0.246 e. The number of ketones is 5. The predicted octanol–water partition coefficient (Wildman–Crippen LogP) is 0.619. The second-order valence-electron chi connectivity index (χ2n) is 19.8. The van der Waals surface area contributed by atoms with E-state index in [9.17, 15) is 62.3 Å². The largest absolute Gasteiger partial charge is 0.370 e. The maximum atomic E-state index is 14.5. The fourth-order valence-corrected chi connectivity index (χ4v) is 8.06. The lowest BCUT2D eigenvalue weighted by atomic mass is 9.87. The number of nitrogens with two attached hydrogens (primary N) is 1. The Morgan fingerprint density at radius 2 is 1.42 bits per heavy atom. The van der Waals surface area contributed by atoms with Crippen molar-refractivity contribution in [3.63, 3.8) is 0 Å². The Kier molecular flexibility index (Phi) is 25.3. The van der Waals surface area contributed by atoms with E-state index in [4.69, 9.17) is 5.73 Å². The van der Waals surface area contributed by atoms with Gasteiger partial charge < -0.3 is 41.7 Å². The highest BCUT2D eigenvalue weighted by molar-refractivity contribution is 5.99. The first kappa shape index (κ1) is 61.4. The number of hydrogen-bond donors (Lipinski definition) is 5. The van der Waals surface area contributed by atoms with E-state index in [-0.39, 0.29) is 63.8 Å². The molecule has 2 rings (SSSR count). The van der Waals surface area contributed by atoms with Crippen LogP contribution in [0.25, 0.3) is 0 Å². The number of nitrogens with one attached hydrogen (secondary N) is 4. The molecule has 6 N–H and O–H groups in total. The summed E-state index contributed by atoms with van der Waals surface area (Å²) >= 11 is 0. The molecular formula is C51H76N8O13. The van der Waals surface area contributed by atoms with Crippen LogP contribution < -0.4 is 27.0 Å². The minimum Gasteiger partial charge on any atom is -0.370 e. The molecule has 1 saturated heterocycles. The van der Waals surface area contributed by atoms with Crippen molar-refractivity contribution in [2.75, 3.05) is 40.8 Å². The molecule has 0 unspecified atom stereocenters. The van der Waals surface area contributed by atoms with Crippen LogP contribution in [0.3, 0.4) is 0 Å². The summed E-state index contributed by atoms with van der Waals surface area (Å²) in [5.74, 6) is -12.0. The number of rotatable bonds is 13. The first-order valence-corrected chi connectivity index (χ1v) is 24.5. The molecule has 8 amide bonds. The highest BCUT2D eigenvalue weighted by Gasteiger charge is 2.37. The van der Waals surface area contributed by atoms with E-state index in [1.165, 1.54) is 46.8 Å². The molecule has 72 heavy (non-hydrogen) atoms. The van der Waals surface area contributed by atoms with Gasteiger partial charge in [0, 0.05) is 83.8 Å². The van der Waals surface area contributed by atoms with Crippen LogP contribution in [0.2, 0.25) is 0 Å². The molecule has 0 radical (unpaired) electrons. The molecule has 0 aliphatic carbocycles. The van der Waals surface area contributed by atoms with E-state index in [1.807, 2.05) is 13.8 Å². The first-order chi connectivity index (χ1) is 33.6. The number of hydrogen-bond acceptors (Lipinski definition) is 13.